The second kappa shape index (κ2) is 8.07. The van der Waals surface area contributed by atoms with Gasteiger partial charge in [-0.1, -0.05) is 35.3 Å². The summed E-state index contributed by atoms with van der Waals surface area (Å²) in [5.74, 6) is -0.424. The smallest absolute Gasteiger partial charge is 0.359 e. The van der Waals surface area contributed by atoms with Crippen LogP contribution < -0.4 is 5.32 Å². The Morgan fingerprint density at radius 1 is 1.36 bits per heavy atom. The lowest BCUT2D eigenvalue weighted by atomic mass is 10.2. The van der Waals surface area contributed by atoms with Crippen molar-refractivity contribution in [1.29, 1.82) is 0 Å². The number of carbonyl (C=O) groups is 1. The van der Waals surface area contributed by atoms with Crippen LogP contribution >= 0.6 is 23.2 Å². The first kappa shape index (κ1) is 19.6. The van der Waals surface area contributed by atoms with Gasteiger partial charge in [-0.15, -0.1) is 0 Å². The summed E-state index contributed by atoms with van der Waals surface area (Å²) in [6.07, 6.45) is -4.34. The van der Waals surface area contributed by atoms with Crippen molar-refractivity contribution in [1.82, 2.24) is 9.78 Å². The molecule has 0 fully saturated rings. The molecule has 5 nitrogen and oxygen atoms in total. The van der Waals surface area contributed by atoms with Crippen molar-refractivity contribution < 1.29 is 22.7 Å². The zero-order valence-electron chi connectivity index (χ0n) is 13.0. The Kier molecular flexibility index (Phi) is 6.31. The predicted molar refractivity (Wildman–Crippen MR) is 87.9 cm³/mol. The number of hydrogen-bond donors (Lipinski definition) is 1. The van der Waals surface area contributed by atoms with E-state index in [9.17, 15) is 18.0 Å². The van der Waals surface area contributed by atoms with Gasteiger partial charge in [0, 0.05) is 6.07 Å². The number of ether oxygens (including phenoxy) is 1. The van der Waals surface area contributed by atoms with E-state index in [-0.39, 0.29) is 6.54 Å². The SMILES string of the molecule is CC(OCC(F)(F)F)C(=O)Nc1ccnn1Cc1cccc(Cl)c1Cl. The van der Waals surface area contributed by atoms with Crippen LogP contribution in [0.1, 0.15) is 12.5 Å². The molecule has 0 radical (unpaired) electrons. The van der Waals surface area contributed by atoms with Gasteiger partial charge in [-0.05, 0) is 18.6 Å². The number of aromatic nitrogens is 2. The molecule has 25 heavy (non-hydrogen) atoms. The monoisotopic (exact) mass is 395 g/mol. The van der Waals surface area contributed by atoms with Crippen molar-refractivity contribution in [3.05, 3.63) is 46.1 Å². The largest absolute Gasteiger partial charge is 0.411 e. The molecule has 10 heteroatoms. The molecule has 1 atom stereocenters. The minimum atomic E-state index is -4.50. The maximum Gasteiger partial charge on any atom is 0.411 e. The summed E-state index contributed by atoms with van der Waals surface area (Å²) >= 11 is 12.1. The zero-order chi connectivity index (χ0) is 18.6. The van der Waals surface area contributed by atoms with E-state index in [4.69, 9.17) is 23.2 Å². The van der Waals surface area contributed by atoms with Crippen molar-refractivity contribution in [3.8, 4) is 0 Å². The van der Waals surface area contributed by atoms with Gasteiger partial charge in [0.2, 0.25) is 0 Å². The molecule has 136 valence electrons. The number of alkyl halides is 3. The van der Waals surface area contributed by atoms with Crippen molar-refractivity contribution in [2.75, 3.05) is 11.9 Å². The molecule has 1 aromatic carbocycles. The Balaban J connectivity index is 2.04. The van der Waals surface area contributed by atoms with Crippen LogP contribution in [0.2, 0.25) is 10.0 Å². The highest BCUT2D eigenvalue weighted by Crippen LogP contribution is 2.26. The number of nitrogens with one attached hydrogen (secondary N) is 1. The van der Waals surface area contributed by atoms with E-state index in [1.807, 2.05) is 0 Å². The molecule has 0 aliphatic heterocycles. The third-order valence-electron chi connectivity index (χ3n) is 3.19. The molecular formula is C15H14Cl2F3N3O2. The summed E-state index contributed by atoms with van der Waals surface area (Å²) in [5, 5.41) is 7.27. The molecular weight excluding hydrogens is 382 g/mol. The van der Waals surface area contributed by atoms with Crippen LogP contribution in [0.5, 0.6) is 0 Å². The molecule has 1 N–H and O–H groups in total. The van der Waals surface area contributed by atoms with E-state index in [1.165, 1.54) is 23.9 Å². The summed E-state index contributed by atoms with van der Waals surface area (Å²) in [4.78, 5) is 12.0. The van der Waals surface area contributed by atoms with Gasteiger partial charge in [0.1, 0.15) is 18.5 Å². The zero-order valence-corrected chi connectivity index (χ0v) is 14.5. The highest BCUT2D eigenvalue weighted by atomic mass is 35.5. The molecule has 1 unspecified atom stereocenters. The van der Waals surface area contributed by atoms with E-state index in [2.05, 4.69) is 15.2 Å². The first-order chi connectivity index (χ1) is 11.7. The fourth-order valence-corrected chi connectivity index (χ4v) is 2.30. The maximum atomic E-state index is 12.1. The van der Waals surface area contributed by atoms with Crippen molar-refractivity contribution in [3.63, 3.8) is 0 Å². The topological polar surface area (TPSA) is 56.1 Å². The Hall–Kier alpha value is -1.77. The van der Waals surface area contributed by atoms with E-state index in [1.54, 1.807) is 18.2 Å². The molecule has 0 bridgehead atoms. The van der Waals surface area contributed by atoms with Crippen molar-refractivity contribution >= 4 is 34.9 Å². The molecule has 2 aromatic rings. The fourth-order valence-electron chi connectivity index (χ4n) is 1.92. The van der Waals surface area contributed by atoms with E-state index in [0.717, 1.165) is 0 Å². The van der Waals surface area contributed by atoms with Gasteiger partial charge >= 0.3 is 6.18 Å². The average molecular weight is 396 g/mol. The summed E-state index contributed by atoms with van der Waals surface area (Å²) in [7, 11) is 0. The van der Waals surface area contributed by atoms with E-state index >= 15 is 0 Å². The van der Waals surface area contributed by atoms with Gasteiger partial charge in [0.05, 0.1) is 22.8 Å². The Morgan fingerprint density at radius 3 is 2.76 bits per heavy atom. The predicted octanol–water partition coefficient (Wildman–Crippen LogP) is 4.14. The number of anilines is 1. The van der Waals surface area contributed by atoms with Gasteiger partial charge in [-0.3, -0.25) is 4.79 Å². The molecule has 1 heterocycles. The van der Waals surface area contributed by atoms with Gasteiger partial charge < -0.3 is 10.1 Å². The number of amides is 1. The van der Waals surface area contributed by atoms with Gasteiger partial charge in [0.25, 0.3) is 5.91 Å². The minimum Gasteiger partial charge on any atom is -0.359 e. The number of nitrogens with zero attached hydrogens (tertiary/aromatic N) is 2. The lowest BCUT2D eigenvalue weighted by molar-refractivity contribution is -0.184. The third-order valence-corrected chi connectivity index (χ3v) is 4.04. The maximum absolute atomic E-state index is 12.1. The molecule has 2 rings (SSSR count). The van der Waals surface area contributed by atoms with Crippen LogP contribution in [0.4, 0.5) is 19.0 Å². The quantitative estimate of drug-likeness (QED) is 0.799. The standard InChI is InChI=1S/C15H14Cl2F3N3O2/c1-9(25-8-15(18,19)20)14(24)22-12-5-6-21-23(12)7-10-3-2-4-11(16)13(10)17/h2-6,9H,7-8H2,1H3,(H,22,24). The second-order valence-electron chi connectivity index (χ2n) is 5.14. The lowest BCUT2D eigenvalue weighted by Gasteiger charge is -2.15. The molecule has 0 saturated heterocycles. The summed E-state index contributed by atoms with van der Waals surface area (Å²) in [5.41, 5.74) is 0.676. The number of rotatable bonds is 6. The third kappa shape index (κ3) is 5.62. The number of hydrogen-bond acceptors (Lipinski definition) is 3. The summed E-state index contributed by atoms with van der Waals surface area (Å²) in [6.45, 7) is -0.0472. The lowest BCUT2D eigenvalue weighted by Crippen LogP contribution is -2.32. The Morgan fingerprint density at radius 2 is 2.08 bits per heavy atom. The van der Waals surface area contributed by atoms with Crippen LogP contribution in [0.25, 0.3) is 0 Å². The number of benzene rings is 1. The van der Waals surface area contributed by atoms with Gasteiger partial charge in [-0.2, -0.15) is 18.3 Å². The Labute approximate surface area is 151 Å². The van der Waals surface area contributed by atoms with Gasteiger partial charge in [-0.25, -0.2) is 4.68 Å². The highest BCUT2D eigenvalue weighted by Gasteiger charge is 2.30. The molecule has 0 aliphatic rings. The van der Waals surface area contributed by atoms with E-state index in [0.29, 0.717) is 21.4 Å². The Bertz CT molecular complexity index is 750. The molecule has 0 spiro atoms. The molecule has 0 saturated carbocycles. The first-order valence-corrected chi connectivity index (χ1v) is 7.87. The summed E-state index contributed by atoms with van der Waals surface area (Å²) in [6, 6.07) is 6.61. The average Bonchev–Trinajstić information content (AvgIpc) is 2.95. The normalized spacial score (nSPS) is 12.9. The fraction of sp³-hybridized carbons (Fsp3) is 0.333. The minimum absolute atomic E-state index is 0.222. The van der Waals surface area contributed by atoms with Crippen LogP contribution in [0.15, 0.2) is 30.5 Å². The first-order valence-electron chi connectivity index (χ1n) is 7.11. The van der Waals surface area contributed by atoms with Crippen LogP contribution in [-0.4, -0.2) is 34.6 Å². The second-order valence-corrected chi connectivity index (χ2v) is 5.93. The number of carbonyl (C=O) groups excluding carboxylic acids is 1. The van der Waals surface area contributed by atoms with Gasteiger partial charge in [0.15, 0.2) is 0 Å². The molecule has 0 aliphatic carbocycles. The van der Waals surface area contributed by atoms with Crippen LogP contribution in [0.3, 0.4) is 0 Å². The molecule has 1 amide bonds. The van der Waals surface area contributed by atoms with Crippen LogP contribution in [-0.2, 0) is 16.1 Å². The number of halogens is 5. The summed E-state index contributed by atoms with van der Waals surface area (Å²) < 4.78 is 42.4. The van der Waals surface area contributed by atoms with Crippen LogP contribution in [0, 0.1) is 0 Å². The van der Waals surface area contributed by atoms with Crippen molar-refractivity contribution in [2.45, 2.75) is 25.7 Å². The molecule has 1 aromatic heterocycles. The van der Waals surface area contributed by atoms with E-state index < -0.39 is 24.8 Å². The van der Waals surface area contributed by atoms with Crippen molar-refractivity contribution in [2.24, 2.45) is 0 Å². The highest BCUT2D eigenvalue weighted by molar-refractivity contribution is 6.42.